The Morgan fingerprint density at radius 1 is 1.50 bits per heavy atom. The van der Waals surface area contributed by atoms with Crippen molar-refractivity contribution in [3.63, 3.8) is 0 Å². The third-order valence-electron chi connectivity index (χ3n) is 3.76. The first-order valence-electron chi connectivity index (χ1n) is 6.93. The quantitative estimate of drug-likeness (QED) is 0.665. The van der Waals surface area contributed by atoms with Gasteiger partial charge in [0.2, 0.25) is 5.91 Å². The minimum absolute atomic E-state index is 0.197. The number of aryl methyl sites for hydroxylation is 1. The highest BCUT2D eigenvalue weighted by molar-refractivity contribution is 7.73. The molecule has 0 bridgehead atoms. The third kappa shape index (κ3) is 3.58. The number of nitrogens with zero attached hydrogens (tertiary/aromatic N) is 1. The molecule has 1 aliphatic rings. The number of hydrogen-bond donors (Lipinski definition) is 1. The van der Waals surface area contributed by atoms with Gasteiger partial charge in [-0.3, -0.25) is 4.79 Å². The van der Waals surface area contributed by atoms with E-state index in [9.17, 15) is 4.79 Å². The molecule has 1 aliphatic heterocycles. The van der Waals surface area contributed by atoms with Gasteiger partial charge in [0.05, 0.1) is 6.42 Å². The molecule has 1 N–H and O–H groups in total. The summed E-state index contributed by atoms with van der Waals surface area (Å²) in [4.78, 5) is 18.4. The third-order valence-corrected chi connectivity index (χ3v) is 5.10. The fraction of sp³-hybridized carbons (Fsp3) is 0.600. The molecule has 1 amide bonds. The summed E-state index contributed by atoms with van der Waals surface area (Å²) in [6.07, 6.45) is 3.66. The number of rotatable bonds is 2. The molecule has 5 heteroatoms. The SMILES string of the molecule is Cc1[nH]c(=S)sc1CC(=O)N1CC=C(C(C)(C)C)CC1. The fourth-order valence-corrected chi connectivity index (χ4v) is 3.71. The molecule has 2 rings (SSSR count). The fourth-order valence-electron chi connectivity index (χ4n) is 2.43. The molecule has 1 aromatic heterocycles. The molecule has 0 fully saturated rings. The maximum Gasteiger partial charge on any atom is 0.228 e. The summed E-state index contributed by atoms with van der Waals surface area (Å²) in [5.41, 5.74) is 2.69. The first-order valence-corrected chi connectivity index (χ1v) is 8.15. The Balaban J connectivity index is 2.01. The largest absolute Gasteiger partial charge is 0.341 e. The number of carbonyl (C=O) groups is 1. The van der Waals surface area contributed by atoms with E-state index in [1.165, 1.54) is 16.9 Å². The van der Waals surface area contributed by atoms with Gasteiger partial charge in [-0.25, -0.2) is 0 Å². The zero-order chi connectivity index (χ0) is 14.9. The maximum absolute atomic E-state index is 12.3. The average Bonchev–Trinajstić information content (AvgIpc) is 2.67. The Kier molecular flexibility index (Phi) is 4.49. The zero-order valence-electron chi connectivity index (χ0n) is 12.6. The number of nitrogens with one attached hydrogen (secondary N) is 1. The highest BCUT2D eigenvalue weighted by atomic mass is 32.1. The summed E-state index contributed by atoms with van der Waals surface area (Å²) in [6, 6.07) is 0. The highest BCUT2D eigenvalue weighted by Crippen LogP contribution is 2.30. The molecule has 0 aromatic carbocycles. The van der Waals surface area contributed by atoms with Gasteiger partial charge < -0.3 is 9.88 Å². The van der Waals surface area contributed by atoms with E-state index in [1.54, 1.807) is 0 Å². The highest BCUT2D eigenvalue weighted by Gasteiger charge is 2.24. The lowest BCUT2D eigenvalue weighted by Crippen LogP contribution is -2.37. The molecule has 1 aromatic rings. The van der Waals surface area contributed by atoms with Gasteiger partial charge in [0.15, 0.2) is 3.95 Å². The molecule has 0 aliphatic carbocycles. The molecule has 0 saturated carbocycles. The summed E-state index contributed by atoms with van der Waals surface area (Å²) >= 11 is 6.62. The van der Waals surface area contributed by atoms with Gasteiger partial charge >= 0.3 is 0 Å². The minimum atomic E-state index is 0.197. The average molecular weight is 310 g/mol. The topological polar surface area (TPSA) is 36.1 Å². The van der Waals surface area contributed by atoms with Gasteiger partial charge in [-0.2, -0.15) is 0 Å². The molecule has 3 nitrogen and oxygen atoms in total. The molecular weight excluding hydrogens is 288 g/mol. The van der Waals surface area contributed by atoms with Crippen LogP contribution in [0.5, 0.6) is 0 Å². The number of carbonyl (C=O) groups excluding carboxylic acids is 1. The van der Waals surface area contributed by atoms with Crippen LogP contribution in [0.4, 0.5) is 0 Å². The van der Waals surface area contributed by atoms with Crippen molar-refractivity contribution in [2.75, 3.05) is 13.1 Å². The molecule has 2 heterocycles. The second-order valence-electron chi connectivity index (χ2n) is 6.31. The van der Waals surface area contributed by atoms with Crippen molar-refractivity contribution in [2.24, 2.45) is 5.41 Å². The molecule has 0 saturated heterocycles. The minimum Gasteiger partial charge on any atom is -0.341 e. The normalized spacial score (nSPS) is 16.2. The van der Waals surface area contributed by atoms with E-state index in [4.69, 9.17) is 12.2 Å². The lowest BCUT2D eigenvalue weighted by molar-refractivity contribution is -0.130. The summed E-state index contributed by atoms with van der Waals surface area (Å²) in [6.45, 7) is 10.2. The zero-order valence-corrected chi connectivity index (χ0v) is 14.2. The van der Waals surface area contributed by atoms with E-state index in [0.717, 1.165) is 34.0 Å². The van der Waals surface area contributed by atoms with Crippen molar-refractivity contribution in [3.8, 4) is 0 Å². The Morgan fingerprint density at radius 3 is 2.65 bits per heavy atom. The molecule has 110 valence electrons. The number of amides is 1. The van der Waals surface area contributed by atoms with Crippen molar-refractivity contribution in [2.45, 2.75) is 40.5 Å². The summed E-state index contributed by atoms with van der Waals surface area (Å²) in [7, 11) is 0. The van der Waals surface area contributed by atoms with Crippen LogP contribution in [0.25, 0.3) is 0 Å². The smallest absolute Gasteiger partial charge is 0.228 e. The van der Waals surface area contributed by atoms with Crippen molar-refractivity contribution in [1.29, 1.82) is 0 Å². The van der Waals surface area contributed by atoms with Crippen molar-refractivity contribution >= 4 is 29.5 Å². The van der Waals surface area contributed by atoms with Gasteiger partial charge in [-0.15, -0.1) is 11.3 Å². The van der Waals surface area contributed by atoms with Crippen LogP contribution in [-0.4, -0.2) is 28.9 Å². The van der Waals surface area contributed by atoms with Crippen LogP contribution < -0.4 is 0 Å². The molecule has 0 atom stereocenters. The number of aromatic nitrogens is 1. The Morgan fingerprint density at radius 2 is 2.20 bits per heavy atom. The van der Waals surface area contributed by atoms with Crippen LogP contribution >= 0.6 is 23.6 Å². The van der Waals surface area contributed by atoms with E-state index in [1.807, 2.05) is 11.8 Å². The van der Waals surface area contributed by atoms with E-state index in [2.05, 4.69) is 31.8 Å². The second kappa shape index (κ2) is 5.82. The molecule has 20 heavy (non-hydrogen) atoms. The molecular formula is C15H22N2OS2. The predicted octanol–water partition coefficient (Wildman–Crippen LogP) is 3.86. The van der Waals surface area contributed by atoms with Gasteiger partial charge in [0, 0.05) is 23.7 Å². The number of thiazole rings is 1. The first-order chi connectivity index (χ1) is 9.27. The van der Waals surface area contributed by atoms with Gasteiger partial charge in [-0.05, 0) is 31.0 Å². The predicted molar refractivity (Wildman–Crippen MR) is 86.7 cm³/mol. The molecule has 0 radical (unpaired) electrons. The standard InChI is InChI=1S/C15H22N2OS2/c1-10-12(20-14(19)16-10)9-13(18)17-7-5-11(6-8-17)15(2,3)4/h5H,6-9H2,1-4H3,(H,16,19). The van der Waals surface area contributed by atoms with Crippen LogP contribution in [-0.2, 0) is 11.2 Å². The number of aromatic amines is 1. The van der Waals surface area contributed by atoms with Crippen molar-refractivity contribution < 1.29 is 4.79 Å². The van der Waals surface area contributed by atoms with Crippen LogP contribution in [0.15, 0.2) is 11.6 Å². The first kappa shape index (κ1) is 15.4. The molecule has 0 unspecified atom stereocenters. The summed E-state index contributed by atoms with van der Waals surface area (Å²) in [5.74, 6) is 0.197. The van der Waals surface area contributed by atoms with E-state index in [-0.39, 0.29) is 11.3 Å². The van der Waals surface area contributed by atoms with Gasteiger partial charge in [-0.1, -0.05) is 32.4 Å². The number of hydrogen-bond acceptors (Lipinski definition) is 3. The summed E-state index contributed by atoms with van der Waals surface area (Å²) < 4.78 is 0.749. The monoisotopic (exact) mass is 310 g/mol. The van der Waals surface area contributed by atoms with Crippen LogP contribution in [0, 0.1) is 16.3 Å². The number of H-pyrrole nitrogens is 1. The van der Waals surface area contributed by atoms with Gasteiger partial charge in [0.25, 0.3) is 0 Å². The van der Waals surface area contributed by atoms with Crippen molar-refractivity contribution in [3.05, 3.63) is 26.2 Å². The second-order valence-corrected chi connectivity index (χ2v) is 8.08. The van der Waals surface area contributed by atoms with Gasteiger partial charge in [0.1, 0.15) is 0 Å². The Bertz CT molecular complexity index is 590. The van der Waals surface area contributed by atoms with E-state index >= 15 is 0 Å². The maximum atomic E-state index is 12.3. The van der Waals surface area contributed by atoms with Crippen LogP contribution in [0.1, 0.15) is 37.8 Å². The molecule has 0 spiro atoms. The van der Waals surface area contributed by atoms with E-state index in [0.29, 0.717) is 6.42 Å². The lowest BCUT2D eigenvalue weighted by atomic mass is 9.83. The Hall–Kier alpha value is -0.940. The van der Waals surface area contributed by atoms with Crippen LogP contribution in [0.2, 0.25) is 0 Å². The lowest BCUT2D eigenvalue weighted by Gasteiger charge is -2.32. The van der Waals surface area contributed by atoms with Crippen molar-refractivity contribution in [1.82, 2.24) is 9.88 Å². The Labute approximate surface area is 129 Å². The van der Waals surface area contributed by atoms with Crippen LogP contribution in [0.3, 0.4) is 0 Å². The summed E-state index contributed by atoms with van der Waals surface area (Å²) in [5, 5.41) is 0. The van der Waals surface area contributed by atoms with E-state index < -0.39 is 0 Å².